The van der Waals surface area contributed by atoms with E-state index in [0.717, 1.165) is 18.5 Å². The summed E-state index contributed by atoms with van der Waals surface area (Å²) in [6.07, 6.45) is 6.01. The molecule has 2 aliphatic rings. The number of hydrogen-bond donors (Lipinski definition) is 2. The Bertz CT molecular complexity index is 562. The van der Waals surface area contributed by atoms with Gasteiger partial charge in [0.05, 0.1) is 0 Å². The Hall–Kier alpha value is -1.88. The van der Waals surface area contributed by atoms with Crippen molar-refractivity contribution in [3.8, 4) is 0 Å². The zero-order valence-corrected chi connectivity index (χ0v) is 12.8. The molecule has 0 unspecified atom stereocenters. The van der Waals surface area contributed by atoms with Crippen molar-refractivity contribution in [2.45, 2.75) is 37.5 Å². The van der Waals surface area contributed by atoms with E-state index in [1.165, 1.54) is 24.8 Å². The maximum atomic E-state index is 11.9. The number of carbonyl (C=O) groups excluding carboxylic acids is 2. The van der Waals surface area contributed by atoms with Crippen LogP contribution in [0.3, 0.4) is 0 Å². The highest BCUT2D eigenvalue weighted by Gasteiger charge is 2.33. The molecule has 1 aliphatic carbocycles. The molecule has 2 amide bonds. The summed E-state index contributed by atoms with van der Waals surface area (Å²) in [5.41, 5.74) is 8.20. The van der Waals surface area contributed by atoms with Gasteiger partial charge in [0.25, 0.3) is 0 Å². The predicted molar refractivity (Wildman–Crippen MR) is 85.6 cm³/mol. The van der Waals surface area contributed by atoms with E-state index in [4.69, 9.17) is 5.73 Å². The van der Waals surface area contributed by atoms with Crippen LogP contribution in [0.25, 0.3) is 0 Å². The zero-order chi connectivity index (χ0) is 15.6. The topological polar surface area (TPSA) is 75.4 Å². The highest BCUT2D eigenvalue weighted by Crippen LogP contribution is 2.39. The molecule has 0 bridgehead atoms. The van der Waals surface area contributed by atoms with Crippen LogP contribution in [0.15, 0.2) is 24.3 Å². The maximum Gasteiger partial charge on any atom is 0.316 e. The highest BCUT2D eigenvalue weighted by atomic mass is 16.2. The molecular weight excluding hydrogens is 278 g/mol. The van der Waals surface area contributed by atoms with Crippen molar-refractivity contribution in [3.63, 3.8) is 0 Å². The molecule has 3 N–H and O–H groups in total. The molecule has 2 fully saturated rings. The van der Waals surface area contributed by atoms with Crippen LogP contribution in [0.5, 0.6) is 0 Å². The van der Waals surface area contributed by atoms with Crippen molar-refractivity contribution < 1.29 is 9.59 Å². The number of carbonyl (C=O) groups is 2. The van der Waals surface area contributed by atoms with Gasteiger partial charge in [-0.2, -0.15) is 0 Å². The lowest BCUT2D eigenvalue weighted by atomic mass is 9.69. The Balaban J connectivity index is 1.83. The lowest BCUT2D eigenvalue weighted by Crippen LogP contribution is -2.52. The van der Waals surface area contributed by atoms with Gasteiger partial charge in [-0.3, -0.25) is 9.59 Å². The Morgan fingerprint density at radius 2 is 1.77 bits per heavy atom. The first-order chi connectivity index (χ1) is 10.7. The van der Waals surface area contributed by atoms with Crippen molar-refractivity contribution in [1.29, 1.82) is 0 Å². The fourth-order valence-corrected chi connectivity index (χ4v) is 3.66. The predicted octanol–water partition coefficient (Wildman–Crippen LogP) is 1.31. The minimum atomic E-state index is -0.527. The Morgan fingerprint density at radius 3 is 2.41 bits per heavy atom. The van der Waals surface area contributed by atoms with Crippen LogP contribution in [-0.4, -0.2) is 31.4 Å². The number of nitrogens with zero attached hydrogens (tertiary/aromatic N) is 1. The van der Waals surface area contributed by atoms with Gasteiger partial charge in [0.2, 0.25) is 0 Å². The normalized spacial score (nSPS) is 21.6. The second-order valence-electron chi connectivity index (χ2n) is 6.30. The van der Waals surface area contributed by atoms with Gasteiger partial charge in [0, 0.05) is 30.7 Å². The van der Waals surface area contributed by atoms with Crippen LogP contribution in [0, 0.1) is 0 Å². The summed E-state index contributed by atoms with van der Waals surface area (Å²) in [5.74, 6) is -1.01. The van der Waals surface area contributed by atoms with E-state index < -0.39 is 11.8 Å². The summed E-state index contributed by atoms with van der Waals surface area (Å²) in [6.45, 7) is 1.68. The summed E-state index contributed by atoms with van der Waals surface area (Å²) in [5, 5.41) is 2.56. The minimum Gasteiger partial charge on any atom is -0.346 e. The van der Waals surface area contributed by atoms with Crippen molar-refractivity contribution in [2.75, 3.05) is 24.5 Å². The minimum absolute atomic E-state index is 0.0834. The van der Waals surface area contributed by atoms with Crippen LogP contribution in [0.2, 0.25) is 0 Å². The first kappa shape index (κ1) is 15.0. The van der Waals surface area contributed by atoms with Crippen molar-refractivity contribution in [3.05, 3.63) is 29.8 Å². The second-order valence-corrected chi connectivity index (χ2v) is 6.30. The Labute approximate surface area is 130 Å². The first-order valence-corrected chi connectivity index (χ1v) is 8.07. The van der Waals surface area contributed by atoms with E-state index in [-0.39, 0.29) is 5.41 Å². The third kappa shape index (κ3) is 2.61. The molecule has 0 aromatic heterocycles. The molecule has 118 valence electrons. The van der Waals surface area contributed by atoms with Crippen molar-refractivity contribution >= 4 is 17.5 Å². The van der Waals surface area contributed by atoms with Gasteiger partial charge in [0.15, 0.2) is 0 Å². The summed E-state index contributed by atoms with van der Waals surface area (Å²) in [7, 11) is 0. The number of amides is 2. The number of nitrogens with two attached hydrogens (primary N) is 1. The Kier molecular flexibility index (Phi) is 4.16. The average Bonchev–Trinajstić information content (AvgIpc) is 2.58. The standard InChI is InChI=1S/C17H23N3O2/c18-12-17(8-2-1-3-9-17)13-4-6-14(7-5-13)20-11-10-19-15(21)16(20)22/h4-7H,1-3,8-12,18H2,(H,19,21). The van der Waals surface area contributed by atoms with Gasteiger partial charge in [-0.1, -0.05) is 31.4 Å². The quantitative estimate of drug-likeness (QED) is 0.827. The number of nitrogens with one attached hydrogen (secondary N) is 1. The SMILES string of the molecule is NCC1(c2ccc(N3CCNC(=O)C3=O)cc2)CCCCC1. The first-order valence-electron chi connectivity index (χ1n) is 8.07. The summed E-state index contributed by atoms with van der Waals surface area (Å²) >= 11 is 0. The monoisotopic (exact) mass is 301 g/mol. The number of benzene rings is 1. The summed E-state index contributed by atoms with van der Waals surface area (Å²) in [4.78, 5) is 24.9. The molecule has 1 aromatic carbocycles. The molecular formula is C17H23N3O2. The van der Waals surface area contributed by atoms with Gasteiger partial charge < -0.3 is 16.0 Å². The third-order valence-corrected chi connectivity index (χ3v) is 5.05. The van der Waals surface area contributed by atoms with E-state index in [9.17, 15) is 9.59 Å². The van der Waals surface area contributed by atoms with Crippen molar-refractivity contribution in [2.24, 2.45) is 5.73 Å². The fraction of sp³-hybridized carbons (Fsp3) is 0.529. The van der Waals surface area contributed by atoms with Crippen molar-refractivity contribution in [1.82, 2.24) is 5.32 Å². The fourth-order valence-electron chi connectivity index (χ4n) is 3.66. The number of hydrogen-bond acceptors (Lipinski definition) is 3. The average molecular weight is 301 g/mol. The van der Waals surface area contributed by atoms with Gasteiger partial charge in [-0.25, -0.2) is 0 Å². The number of anilines is 1. The molecule has 1 aromatic rings. The molecule has 1 heterocycles. The maximum absolute atomic E-state index is 11.9. The summed E-state index contributed by atoms with van der Waals surface area (Å²) in [6, 6.07) is 8.04. The highest BCUT2D eigenvalue weighted by molar-refractivity contribution is 6.41. The largest absolute Gasteiger partial charge is 0.346 e. The van der Waals surface area contributed by atoms with E-state index in [1.807, 2.05) is 12.1 Å². The van der Waals surface area contributed by atoms with Crippen LogP contribution < -0.4 is 16.0 Å². The van der Waals surface area contributed by atoms with Gasteiger partial charge in [-0.05, 0) is 30.5 Å². The van der Waals surface area contributed by atoms with Gasteiger partial charge in [0.1, 0.15) is 0 Å². The number of piperazine rings is 1. The van der Waals surface area contributed by atoms with E-state index >= 15 is 0 Å². The molecule has 0 atom stereocenters. The molecule has 1 saturated heterocycles. The molecule has 22 heavy (non-hydrogen) atoms. The molecule has 0 radical (unpaired) electrons. The third-order valence-electron chi connectivity index (χ3n) is 5.05. The molecule has 0 spiro atoms. The number of rotatable bonds is 3. The van der Waals surface area contributed by atoms with E-state index in [0.29, 0.717) is 19.6 Å². The molecule has 3 rings (SSSR count). The van der Waals surface area contributed by atoms with Crippen LogP contribution in [0.1, 0.15) is 37.7 Å². The lowest BCUT2D eigenvalue weighted by molar-refractivity contribution is -0.138. The lowest BCUT2D eigenvalue weighted by Gasteiger charge is -2.37. The van der Waals surface area contributed by atoms with Crippen LogP contribution in [0.4, 0.5) is 5.69 Å². The summed E-state index contributed by atoms with van der Waals surface area (Å²) < 4.78 is 0. The molecule has 1 saturated carbocycles. The van der Waals surface area contributed by atoms with Gasteiger partial charge in [-0.15, -0.1) is 0 Å². The smallest absolute Gasteiger partial charge is 0.316 e. The van der Waals surface area contributed by atoms with Crippen LogP contribution in [-0.2, 0) is 15.0 Å². The van der Waals surface area contributed by atoms with E-state index in [1.54, 1.807) is 4.90 Å². The van der Waals surface area contributed by atoms with E-state index in [2.05, 4.69) is 17.4 Å². The Morgan fingerprint density at radius 1 is 1.09 bits per heavy atom. The van der Waals surface area contributed by atoms with Crippen LogP contribution >= 0.6 is 0 Å². The molecule has 5 heteroatoms. The molecule has 5 nitrogen and oxygen atoms in total. The zero-order valence-electron chi connectivity index (χ0n) is 12.8. The molecule has 1 aliphatic heterocycles. The second kappa shape index (κ2) is 6.08. The van der Waals surface area contributed by atoms with Gasteiger partial charge >= 0.3 is 11.8 Å².